The lowest BCUT2D eigenvalue weighted by Crippen LogP contribution is -1.97. The Morgan fingerprint density at radius 1 is 2.00 bits per heavy atom. The van der Waals surface area contributed by atoms with Crippen molar-refractivity contribution in [2.75, 3.05) is 0 Å². The maximum atomic E-state index is 5.66. The normalized spacial score (nSPS) is 15.6. The molecule has 0 saturated heterocycles. The predicted molar refractivity (Wildman–Crippen MR) is 33.4 cm³/mol. The van der Waals surface area contributed by atoms with Gasteiger partial charge in [-0.1, -0.05) is 13.0 Å². The minimum Gasteiger partial charge on any atom is -0.176 e. The van der Waals surface area contributed by atoms with Crippen LogP contribution in [0.4, 0.5) is 0 Å². The molecule has 0 aromatic rings. The van der Waals surface area contributed by atoms with E-state index in [1.165, 1.54) is 15.8 Å². The van der Waals surface area contributed by atoms with E-state index in [1.54, 1.807) is 0 Å². The second kappa shape index (κ2) is 2.94. The summed E-state index contributed by atoms with van der Waals surface area (Å²) in [6, 6.07) is 1.27. The molecule has 1 unspecified atom stereocenters. The zero-order valence-corrected chi connectivity index (χ0v) is 7.57. The monoisotopic (exact) mass is 124 g/mol. The lowest BCUT2D eigenvalue weighted by Gasteiger charge is -1.84. The quantitative estimate of drug-likeness (QED) is 0.337. The molecule has 0 bridgehead atoms. The second-order valence-electron chi connectivity index (χ2n) is 1.19. The van der Waals surface area contributed by atoms with Gasteiger partial charge in [0, 0.05) is 9.76 Å². The van der Waals surface area contributed by atoms with Crippen LogP contribution >= 0.6 is 11.1 Å². The Morgan fingerprint density at radius 3 is 2.20 bits per heavy atom. The number of hydrogen-bond acceptors (Lipinski definition) is 0. The lowest BCUT2D eigenvalue weighted by molar-refractivity contribution is 1.47. The van der Waals surface area contributed by atoms with E-state index in [0.717, 1.165) is 0 Å². The molecule has 0 aliphatic rings. The molecule has 0 aliphatic heterocycles. The molecule has 0 rings (SSSR count). The van der Waals surface area contributed by atoms with Crippen LogP contribution in [0.25, 0.3) is 0 Å². The van der Waals surface area contributed by atoms with Crippen LogP contribution < -0.4 is 0 Å². The van der Waals surface area contributed by atoms with E-state index in [1.807, 2.05) is 0 Å². The summed E-state index contributed by atoms with van der Waals surface area (Å²) in [5.41, 5.74) is 0. The third-order valence-corrected chi connectivity index (χ3v) is 5.06. The molecule has 0 radical (unpaired) electrons. The van der Waals surface area contributed by atoms with Crippen molar-refractivity contribution in [3.8, 4) is 0 Å². The third-order valence-electron chi connectivity index (χ3n) is 0.563. The molecule has 0 N–H and O–H groups in total. The van der Waals surface area contributed by atoms with Gasteiger partial charge in [0.2, 0.25) is 0 Å². The average Bonchev–Trinajstić information content (AvgIpc) is 1.38. The molecule has 32 valence electrons. The fraction of sp³-hybridized carbons (Fsp3) is 1.00. The van der Waals surface area contributed by atoms with Gasteiger partial charge in [-0.05, 0) is 0 Å². The van der Waals surface area contributed by atoms with Crippen molar-refractivity contribution in [1.29, 1.82) is 0 Å². The van der Waals surface area contributed by atoms with Crippen molar-refractivity contribution in [1.82, 2.24) is 0 Å². The van der Waals surface area contributed by atoms with Crippen LogP contribution in [-0.2, 0) is 0 Å². The number of rotatable bonds is 1. The highest BCUT2D eigenvalue weighted by molar-refractivity contribution is 7.31. The van der Waals surface area contributed by atoms with Crippen LogP contribution in [0.1, 0.15) is 6.92 Å². The first-order valence-corrected chi connectivity index (χ1v) is 9.09. The first kappa shape index (κ1) is 5.72. The molecule has 0 aromatic heterocycles. The van der Waals surface area contributed by atoms with Crippen molar-refractivity contribution >= 4 is 28.5 Å². The molecule has 0 aliphatic carbocycles. The highest BCUT2D eigenvalue weighted by Crippen LogP contribution is 1.86. The minimum absolute atomic E-state index is 0.539. The van der Waals surface area contributed by atoms with Crippen LogP contribution in [0, 0.1) is 0 Å². The van der Waals surface area contributed by atoms with Gasteiger partial charge >= 0.3 is 0 Å². The summed E-state index contributed by atoms with van der Waals surface area (Å²) in [4.78, 5) is 0. The average molecular weight is 125 g/mol. The molecule has 0 fully saturated rings. The van der Waals surface area contributed by atoms with Crippen LogP contribution in [0.15, 0.2) is 0 Å². The Morgan fingerprint density at radius 2 is 2.20 bits per heavy atom. The van der Waals surface area contributed by atoms with E-state index in [9.17, 15) is 0 Å². The van der Waals surface area contributed by atoms with E-state index in [0.29, 0.717) is 0 Å². The summed E-state index contributed by atoms with van der Waals surface area (Å²) in [6.45, 7) is 2.16. The van der Waals surface area contributed by atoms with Gasteiger partial charge in [-0.2, -0.15) is 11.1 Å². The number of halogens is 1. The Bertz CT molecular complexity index is 21.6. The lowest BCUT2D eigenvalue weighted by atomic mass is 11.0. The fourth-order valence-corrected chi connectivity index (χ4v) is 0. The summed E-state index contributed by atoms with van der Waals surface area (Å²) in [5, 5.41) is 0. The molecule has 0 amide bonds. The molecule has 3 heteroatoms. The summed E-state index contributed by atoms with van der Waals surface area (Å²) in [6.07, 6.45) is 0. The topological polar surface area (TPSA) is 0 Å². The Hall–Kier alpha value is 0.724. The van der Waals surface area contributed by atoms with Crippen molar-refractivity contribution in [2.24, 2.45) is 0 Å². The smallest absolute Gasteiger partial charge is 0.121 e. The van der Waals surface area contributed by atoms with Crippen LogP contribution in [0.3, 0.4) is 0 Å². The maximum Gasteiger partial charge on any atom is 0.121 e. The first-order valence-electron chi connectivity index (χ1n) is 1.91. The van der Waals surface area contributed by atoms with Gasteiger partial charge in [0.15, 0.2) is 0 Å². The van der Waals surface area contributed by atoms with Crippen molar-refractivity contribution < 1.29 is 0 Å². The van der Waals surface area contributed by atoms with Gasteiger partial charge in [0.1, 0.15) is 7.62 Å². The van der Waals surface area contributed by atoms with Crippen LogP contribution in [0.2, 0.25) is 6.04 Å². The highest BCUT2D eigenvalue weighted by atomic mass is 35.6. The van der Waals surface area contributed by atoms with Crippen molar-refractivity contribution in [3.05, 3.63) is 0 Å². The standard InChI is InChI=1S/C2H9ClSi2/c1-2-5(3)4/h5H,2H2,1,4H3. The summed E-state index contributed by atoms with van der Waals surface area (Å²) < 4.78 is 0. The first-order chi connectivity index (χ1) is 2.27. The zero-order chi connectivity index (χ0) is 4.28. The predicted octanol–water partition coefficient (Wildman–Crippen LogP) is -0.169. The van der Waals surface area contributed by atoms with Crippen molar-refractivity contribution in [3.63, 3.8) is 0 Å². The van der Waals surface area contributed by atoms with E-state index in [2.05, 4.69) is 6.92 Å². The van der Waals surface area contributed by atoms with Gasteiger partial charge in [-0.25, -0.2) is 0 Å². The molecule has 0 nitrogen and oxygen atoms in total. The molecule has 0 aromatic carbocycles. The highest BCUT2D eigenvalue weighted by Gasteiger charge is 1.87. The molecule has 0 saturated carbocycles. The van der Waals surface area contributed by atoms with Gasteiger partial charge in [-0.15, -0.1) is 0 Å². The Labute approximate surface area is 42.0 Å². The molecule has 0 heterocycles. The minimum atomic E-state index is -0.539. The van der Waals surface area contributed by atoms with Gasteiger partial charge in [0.05, 0.1) is 0 Å². The molecular formula is C2H9ClSi2. The van der Waals surface area contributed by atoms with E-state index in [4.69, 9.17) is 11.1 Å². The summed E-state index contributed by atoms with van der Waals surface area (Å²) >= 11 is 5.66. The zero-order valence-electron chi connectivity index (χ0n) is 3.66. The summed E-state index contributed by atoms with van der Waals surface area (Å²) in [7, 11) is 0.735. The Kier molecular flexibility index (Phi) is 3.36. The molecule has 0 spiro atoms. The number of hydrogen-bond donors (Lipinski definition) is 0. The van der Waals surface area contributed by atoms with Gasteiger partial charge < -0.3 is 0 Å². The fourth-order valence-electron chi connectivity index (χ4n) is 0. The van der Waals surface area contributed by atoms with Crippen molar-refractivity contribution in [2.45, 2.75) is 13.0 Å². The van der Waals surface area contributed by atoms with E-state index in [-0.39, 0.29) is 0 Å². The summed E-state index contributed by atoms with van der Waals surface area (Å²) in [5.74, 6) is 0. The van der Waals surface area contributed by atoms with Crippen LogP contribution in [0.5, 0.6) is 0 Å². The molecular weight excluding hydrogens is 116 g/mol. The van der Waals surface area contributed by atoms with Gasteiger partial charge in [-0.3, -0.25) is 0 Å². The molecule has 1 atom stereocenters. The van der Waals surface area contributed by atoms with Crippen LogP contribution in [-0.4, -0.2) is 17.4 Å². The van der Waals surface area contributed by atoms with E-state index >= 15 is 0 Å². The van der Waals surface area contributed by atoms with E-state index < -0.39 is 7.62 Å². The SMILES string of the molecule is CC[SiH]([SiH3])Cl. The second-order valence-corrected chi connectivity index (χ2v) is 12.2. The van der Waals surface area contributed by atoms with Gasteiger partial charge in [0.25, 0.3) is 0 Å². The third kappa shape index (κ3) is 4.72. The molecule has 5 heavy (non-hydrogen) atoms. The largest absolute Gasteiger partial charge is 0.176 e. The Balaban J connectivity index is 2.54. The maximum absolute atomic E-state index is 5.66.